The highest BCUT2D eigenvalue weighted by atomic mass is 16.5. The Balaban J connectivity index is 2.04. The van der Waals surface area contributed by atoms with Gasteiger partial charge in [0.25, 0.3) is 11.5 Å². The van der Waals surface area contributed by atoms with Gasteiger partial charge in [-0.25, -0.2) is 9.59 Å². The number of carbonyl (C=O) groups excluding carboxylic acids is 2. The SMILES string of the molecule is Cc1cccc(NC(=O)COC(=O)c2[nH]c(=O)[nH]c(=O)c2N)c1C. The number of aryl methyl sites for hydroxylation is 1. The van der Waals surface area contributed by atoms with Crippen molar-refractivity contribution in [3.05, 3.63) is 55.9 Å². The molecule has 0 aliphatic heterocycles. The summed E-state index contributed by atoms with van der Waals surface area (Å²) in [5, 5.41) is 2.61. The molecule has 0 unspecified atom stereocenters. The van der Waals surface area contributed by atoms with E-state index in [1.807, 2.05) is 24.9 Å². The lowest BCUT2D eigenvalue weighted by Gasteiger charge is -2.10. The molecule has 126 valence electrons. The fourth-order valence-corrected chi connectivity index (χ4v) is 1.93. The fraction of sp³-hybridized carbons (Fsp3) is 0.200. The molecule has 0 fully saturated rings. The molecule has 24 heavy (non-hydrogen) atoms. The monoisotopic (exact) mass is 332 g/mol. The third-order valence-electron chi connectivity index (χ3n) is 3.40. The predicted molar refractivity (Wildman–Crippen MR) is 86.9 cm³/mol. The minimum absolute atomic E-state index is 0.491. The zero-order valence-corrected chi connectivity index (χ0v) is 13.1. The molecule has 0 aliphatic carbocycles. The lowest BCUT2D eigenvalue weighted by atomic mass is 10.1. The van der Waals surface area contributed by atoms with Crippen molar-refractivity contribution in [1.82, 2.24) is 9.97 Å². The van der Waals surface area contributed by atoms with Gasteiger partial charge in [0.2, 0.25) is 0 Å². The first kappa shape index (κ1) is 17.0. The van der Waals surface area contributed by atoms with Gasteiger partial charge in [-0.1, -0.05) is 12.1 Å². The van der Waals surface area contributed by atoms with Crippen molar-refractivity contribution in [2.45, 2.75) is 13.8 Å². The van der Waals surface area contributed by atoms with E-state index >= 15 is 0 Å². The Bertz CT molecular complexity index is 913. The third kappa shape index (κ3) is 3.69. The molecule has 0 bridgehead atoms. The van der Waals surface area contributed by atoms with E-state index in [9.17, 15) is 19.2 Å². The van der Waals surface area contributed by atoms with Gasteiger partial charge < -0.3 is 15.8 Å². The highest BCUT2D eigenvalue weighted by Gasteiger charge is 2.17. The van der Waals surface area contributed by atoms with Crippen molar-refractivity contribution < 1.29 is 14.3 Å². The van der Waals surface area contributed by atoms with Gasteiger partial charge in [0, 0.05) is 5.69 Å². The zero-order valence-electron chi connectivity index (χ0n) is 13.1. The summed E-state index contributed by atoms with van der Waals surface area (Å²) in [6.07, 6.45) is 0. The van der Waals surface area contributed by atoms with Crippen molar-refractivity contribution in [3.8, 4) is 0 Å². The summed E-state index contributed by atoms with van der Waals surface area (Å²) in [6.45, 7) is 3.15. The van der Waals surface area contributed by atoms with Crippen LogP contribution in [0.5, 0.6) is 0 Å². The lowest BCUT2D eigenvalue weighted by Crippen LogP contribution is -2.30. The van der Waals surface area contributed by atoms with Gasteiger partial charge in [0.05, 0.1) is 0 Å². The molecule has 2 rings (SSSR count). The van der Waals surface area contributed by atoms with Crippen molar-refractivity contribution in [2.75, 3.05) is 17.7 Å². The number of hydrogen-bond acceptors (Lipinski definition) is 6. The van der Waals surface area contributed by atoms with Crippen molar-refractivity contribution in [1.29, 1.82) is 0 Å². The number of benzene rings is 1. The van der Waals surface area contributed by atoms with Crippen molar-refractivity contribution in [3.63, 3.8) is 0 Å². The van der Waals surface area contributed by atoms with E-state index in [1.165, 1.54) is 0 Å². The second kappa shape index (κ2) is 6.82. The smallest absolute Gasteiger partial charge is 0.357 e. The van der Waals surface area contributed by atoms with Gasteiger partial charge in [-0.3, -0.25) is 19.6 Å². The van der Waals surface area contributed by atoms with Gasteiger partial charge in [-0.15, -0.1) is 0 Å². The van der Waals surface area contributed by atoms with Gasteiger partial charge in [-0.2, -0.15) is 0 Å². The minimum atomic E-state index is -1.08. The van der Waals surface area contributed by atoms with Gasteiger partial charge >= 0.3 is 11.7 Å². The minimum Gasteiger partial charge on any atom is -0.451 e. The lowest BCUT2D eigenvalue weighted by molar-refractivity contribution is -0.119. The average Bonchev–Trinajstić information content (AvgIpc) is 2.53. The van der Waals surface area contributed by atoms with Crippen LogP contribution in [0, 0.1) is 13.8 Å². The van der Waals surface area contributed by atoms with Gasteiger partial charge in [0.1, 0.15) is 5.69 Å². The molecule has 2 aromatic rings. The molecule has 0 aliphatic rings. The quantitative estimate of drug-likeness (QED) is 0.582. The van der Waals surface area contributed by atoms with Crippen molar-refractivity contribution in [2.24, 2.45) is 0 Å². The standard InChI is InChI=1S/C15H16N4O5/c1-7-4-3-5-9(8(7)2)17-10(20)6-24-14(22)12-11(16)13(21)19-15(23)18-12/h3-5H,6,16H2,1-2H3,(H,17,20)(H2,18,19,21,23). The van der Waals surface area contributed by atoms with E-state index in [4.69, 9.17) is 10.5 Å². The maximum absolute atomic E-state index is 11.9. The molecule has 1 heterocycles. The van der Waals surface area contributed by atoms with Crippen LogP contribution in [0.4, 0.5) is 11.4 Å². The average molecular weight is 332 g/mol. The summed E-state index contributed by atoms with van der Waals surface area (Å²) >= 11 is 0. The summed E-state index contributed by atoms with van der Waals surface area (Å²) in [7, 11) is 0. The Morgan fingerprint density at radius 3 is 2.62 bits per heavy atom. The maximum atomic E-state index is 11.9. The second-order valence-corrected chi connectivity index (χ2v) is 5.07. The van der Waals surface area contributed by atoms with E-state index in [1.54, 1.807) is 12.1 Å². The number of carbonyl (C=O) groups is 2. The molecule has 1 aromatic heterocycles. The van der Waals surface area contributed by atoms with E-state index in [0.29, 0.717) is 5.69 Å². The Kier molecular flexibility index (Phi) is 4.83. The number of ether oxygens (including phenoxy) is 1. The summed E-state index contributed by atoms with van der Waals surface area (Å²) in [6, 6.07) is 5.40. The van der Waals surface area contributed by atoms with E-state index < -0.39 is 41.1 Å². The molecule has 0 saturated carbocycles. The predicted octanol–water partition coefficient (Wildman–Crippen LogP) is 0.0577. The Morgan fingerprint density at radius 2 is 1.92 bits per heavy atom. The number of nitrogens with one attached hydrogen (secondary N) is 3. The highest BCUT2D eigenvalue weighted by molar-refractivity contribution is 5.97. The van der Waals surface area contributed by atoms with E-state index in [2.05, 4.69) is 10.3 Å². The number of H-pyrrole nitrogens is 2. The topological polar surface area (TPSA) is 147 Å². The summed E-state index contributed by atoms with van der Waals surface area (Å²) in [5.41, 5.74) is 5.09. The first-order valence-corrected chi connectivity index (χ1v) is 6.95. The number of esters is 1. The molecule has 0 radical (unpaired) electrons. The molecule has 1 aromatic carbocycles. The Labute approximate surface area is 135 Å². The molecule has 5 N–H and O–H groups in total. The number of anilines is 2. The van der Waals surface area contributed by atoms with Crippen LogP contribution in [0.1, 0.15) is 21.6 Å². The number of rotatable bonds is 4. The Hall–Kier alpha value is -3.36. The molecule has 9 heteroatoms. The first-order valence-electron chi connectivity index (χ1n) is 6.95. The summed E-state index contributed by atoms with van der Waals surface area (Å²) in [4.78, 5) is 50.1. The van der Waals surface area contributed by atoms with Gasteiger partial charge in [0.15, 0.2) is 12.3 Å². The molecular formula is C15H16N4O5. The number of nitrogen functional groups attached to an aromatic ring is 1. The van der Waals surface area contributed by atoms with Crippen molar-refractivity contribution >= 4 is 23.3 Å². The molecule has 0 spiro atoms. The Morgan fingerprint density at radius 1 is 1.21 bits per heavy atom. The van der Waals surface area contributed by atoms with E-state index in [0.717, 1.165) is 11.1 Å². The number of hydrogen-bond donors (Lipinski definition) is 4. The van der Waals surface area contributed by atoms with Crippen LogP contribution in [0.15, 0.2) is 27.8 Å². The molecule has 1 amide bonds. The number of nitrogens with two attached hydrogens (primary N) is 1. The van der Waals surface area contributed by atoms with Crippen LogP contribution in [0.2, 0.25) is 0 Å². The first-order chi connectivity index (χ1) is 11.3. The number of aromatic amines is 2. The van der Waals surface area contributed by atoms with Crippen LogP contribution < -0.4 is 22.3 Å². The summed E-state index contributed by atoms with van der Waals surface area (Å²) in [5.74, 6) is -1.64. The largest absolute Gasteiger partial charge is 0.451 e. The molecule has 9 nitrogen and oxygen atoms in total. The fourth-order valence-electron chi connectivity index (χ4n) is 1.93. The molecule has 0 atom stereocenters. The van der Waals surface area contributed by atoms with Crippen LogP contribution in [0.3, 0.4) is 0 Å². The van der Waals surface area contributed by atoms with Crippen LogP contribution in [0.25, 0.3) is 0 Å². The van der Waals surface area contributed by atoms with Crippen LogP contribution >= 0.6 is 0 Å². The van der Waals surface area contributed by atoms with Gasteiger partial charge in [-0.05, 0) is 31.0 Å². The highest BCUT2D eigenvalue weighted by Crippen LogP contribution is 2.17. The maximum Gasteiger partial charge on any atom is 0.357 e. The molecular weight excluding hydrogens is 316 g/mol. The number of amides is 1. The zero-order chi connectivity index (χ0) is 17.9. The van der Waals surface area contributed by atoms with Crippen LogP contribution in [-0.2, 0) is 9.53 Å². The third-order valence-corrected chi connectivity index (χ3v) is 3.40. The second-order valence-electron chi connectivity index (χ2n) is 5.07. The van der Waals surface area contributed by atoms with E-state index in [-0.39, 0.29) is 0 Å². The molecule has 0 saturated heterocycles. The normalized spacial score (nSPS) is 10.2. The summed E-state index contributed by atoms with van der Waals surface area (Å²) < 4.78 is 4.77. The number of aromatic nitrogens is 2. The van der Waals surface area contributed by atoms with Crippen LogP contribution in [-0.4, -0.2) is 28.5 Å².